The maximum atomic E-state index is 6.09. The van der Waals surface area contributed by atoms with E-state index in [9.17, 15) is 0 Å². The Hall–Kier alpha value is -3.09. The van der Waals surface area contributed by atoms with Crippen LogP contribution in [0.5, 0.6) is 11.5 Å². The van der Waals surface area contributed by atoms with Crippen molar-refractivity contribution in [2.24, 2.45) is 0 Å². The molecule has 3 aromatic carbocycles. The first-order chi connectivity index (χ1) is 17.1. The number of hydrogen-bond acceptors (Lipinski definition) is 5. The van der Waals surface area contributed by atoms with Gasteiger partial charge in [-0.3, -0.25) is 0 Å². The van der Waals surface area contributed by atoms with Gasteiger partial charge in [-0.25, -0.2) is 0 Å². The molecule has 36 heavy (non-hydrogen) atoms. The zero-order chi connectivity index (χ0) is 26.3. The van der Waals surface area contributed by atoms with Gasteiger partial charge in [0, 0.05) is 45.2 Å². The summed E-state index contributed by atoms with van der Waals surface area (Å²) in [4.78, 5) is 4.00. The lowest BCUT2D eigenvalue weighted by Crippen LogP contribution is -2.34. The van der Waals surface area contributed by atoms with Crippen LogP contribution >= 0.6 is 12.2 Å². The molecule has 5 nitrogen and oxygen atoms in total. The Bertz CT molecular complexity index is 1120. The van der Waals surface area contributed by atoms with Gasteiger partial charge in [0.15, 0.2) is 0 Å². The quantitative estimate of drug-likeness (QED) is 0.303. The number of hydrogen-bond donors (Lipinski definition) is 0. The molecule has 3 aromatic rings. The minimum atomic E-state index is -0.0850. The first-order valence-electron chi connectivity index (χ1n) is 12.2. The maximum Gasteiger partial charge on any atom is 0.269 e. The molecule has 0 heterocycles. The van der Waals surface area contributed by atoms with Crippen LogP contribution in [0, 0.1) is 6.92 Å². The number of likely N-dealkylation sites (N-methyl/N-ethyl adjacent to an activating group) is 1. The van der Waals surface area contributed by atoms with Crippen LogP contribution in [0.3, 0.4) is 0 Å². The Morgan fingerprint density at radius 1 is 0.889 bits per heavy atom. The van der Waals surface area contributed by atoms with Crippen molar-refractivity contribution in [2.45, 2.75) is 39.2 Å². The molecule has 6 heteroatoms. The van der Waals surface area contributed by atoms with Crippen molar-refractivity contribution in [2.75, 3.05) is 44.2 Å². The number of thiocarbonyl (C=S) groups is 1. The summed E-state index contributed by atoms with van der Waals surface area (Å²) in [6.45, 7) is 9.80. The second-order valence-corrected chi connectivity index (χ2v) is 10.4. The predicted molar refractivity (Wildman–Crippen MR) is 154 cm³/mol. The summed E-state index contributed by atoms with van der Waals surface area (Å²) in [5.74, 6) is 1.46. The van der Waals surface area contributed by atoms with Crippen molar-refractivity contribution >= 4 is 28.8 Å². The lowest BCUT2D eigenvalue weighted by molar-refractivity contribution is 0.0636. The number of nitrogens with zero attached hydrogens (tertiary/aromatic N) is 2. The molecular weight excluding hydrogens is 468 g/mol. The highest BCUT2D eigenvalue weighted by atomic mass is 32.1. The van der Waals surface area contributed by atoms with E-state index in [1.165, 1.54) is 11.1 Å². The van der Waals surface area contributed by atoms with Gasteiger partial charge >= 0.3 is 0 Å². The molecule has 0 radical (unpaired) electrons. The van der Waals surface area contributed by atoms with Crippen molar-refractivity contribution in [3.63, 3.8) is 0 Å². The van der Waals surface area contributed by atoms with E-state index in [0.29, 0.717) is 24.1 Å². The molecule has 0 fully saturated rings. The summed E-state index contributed by atoms with van der Waals surface area (Å²) in [7, 11) is 5.66. The third kappa shape index (κ3) is 7.70. The molecule has 0 aliphatic carbocycles. The second-order valence-electron chi connectivity index (χ2n) is 10.1. The van der Waals surface area contributed by atoms with Crippen molar-refractivity contribution in [3.05, 3.63) is 83.9 Å². The van der Waals surface area contributed by atoms with E-state index in [1.807, 2.05) is 48.3 Å². The summed E-state index contributed by atoms with van der Waals surface area (Å²) in [5, 5.41) is 0.366. The molecule has 1 atom stereocenters. The summed E-state index contributed by atoms with van der Waals surface area (Å²) in [6, 6.07) is 24.3. The molecular formula is C30H38N2O3S. The Kier molecular flexibility index (Phi) is 9.35. The number of benzene rings is 3. The molecule has 0 amide bonds. The molecule has 0 bridgehead atoms. The standard InChI is InChI=1S/C30H38N2O3S/c1-22-11-15-24(16-12-22)31(5)20-28(33-7)21-34-27-10-8-9-25(19-27)32(6)29(36)35-26-17-13-23(14-18-26)30(2,3)4/h8-19,28H,20-21H2,1-7H3. The highest BCUT2D eigenvalue weighted by Crippen LogP contribution is 2.26. The van der Waals surface area contributed by atoms with Crippen LogP contribution in [-0.4, -0.2) is 45.6 Å². The van der Waals surface area contributed by atoms with Crippen LogP contribution in [-0.2, 0) is 10.2 Å². The fourth-order valence-corrected chi connectivity index (χ4v) is 3.88. The fourth-order valence-electron chi connectivity index (χ4n) is 3.67. The normalized spacial score (nSPS) is 12.1. The van der Waals surface area contributed by atoms with Crippen LogP contribution in [0.25, 0.3) is 0 Å². The van der Waals surface area contributed by atoms with Crippen LogP contribution < -0.4 is 19.3 Å². The molecule has 0 spiro atoms. The van der Waals surface area contributed by atoms with Gasteiger partial charge in [0.2, 0.25) is 0 Å². The third-order valence-corrected chi connectivity index (χ3v) is 6.48. The van der Waals surface area contributed by atoms with Gasteiger partial charge in [0.05, 0.1) is 0 Å². The molecule has 0 aliphatic heterocycles. The van der Waals surface area contributed by atoms with E-state index >= 15 is 0 Å². The average molecular weight is 507 g/mol. The zero-order valence-corrected chi connectivity index (χ0v) is 23.3. The molecule has 1 unspecified atom stereocenters. The number of ether oxygens (including phenoxy) is 3. The van der Waals surface area contributed by atoms with Crippen molar-refractivity contribution < 1.29 is 14.2 Å². The highest BCUT2D eigenvalue weighted by molar-refractivity contribution is 7.80. The molecule has 0 aliphatic rings. The Morgan fingerprint density at radius 2 is 1.56 bits per heavy atom. The van der Waals surface area contributed by atoms with Crippen LogP contribution in [0.2, 0.25) is 0 Å². The lowest BCUT2D eigenvalue weighted by Gasteiger charge is -2.25. The van der Waals surface area contributed by atoms with Crippen LogP contribution in [0.4, 0.5) is 11.4 Å². The van der Waals surface area contributed by atoms with Crippen molar-refractivity contribution in [3.8, 4) is 11.5 Å². The molecule has 0 N–H and O–H groups in total. The highest BCUT2D eigenvalue weighted by Gasteiger charge is 2.16. The van der Waals surface area contributed by atoms with Gasteiger partial charge in [0.1, 0.15) is 24.2 Å². The molecule has 192 valence electrons. The Labute approximate surface area is 221 Å². The molecule has 0 aromatic heterocycles. The van der Waals surface area contributed by atoms with E-state index in [-0.39, 0.29) is 11.5 Å². The predicted octanol–water partition coefficient (Wildman–Crippen LogP) is 6.62. The van der Waals surface area contributed by atoms with E-state index in [2.05, 4.69) is 76.0 Å². The monoisotopic (exact) mass is 506 g/mol. The molecule has 3 rings (SSSR count). The van der Waals surface area contributed by atoms with Crippen LogP contribution in [0.1, 0.15) is 31.9 Å². The van der Waals surface area contributed by atoms with E-state index < -0.39 is 0 Å². The van der Waals surface area contributed by atoms with Gasteiger partial charge < -0.3 is 24.0 Å². The van der Waals surface area contributed by atoms with E-state index in [4.69, 9.17) is 26.4 Å². The summed E-state index contributed by atoms with van der Waals surface area (Å²) in [5.41, 5.74) is 4.61. The van der Waals surface area contributed by atoms with Crippen molar-refractivity contribution in [1.82, 2.24) is 0 Å². The largest absolute Gasteiger partial charge is 0.491 e. The number of methoxy groups -OCH3 is 1. The fraction of sp³-hybridized carbons (Fsp3) is 0.367. The topological polar surface area (TPSA) is 34.2 Å². The average Bonchev–Trinajstić information content (AvgIpc) is 2.86. The first kappa shape index (κ1) is 27.5. The van der Waals surface area contributed by atoms with Gasteiger partial charge in [-0.05, 0) is 66.5 Å². The van der Waals surface area contributed by atoms with Gasteiger partial charge in [-0.15, -0.1) is 0 Å². The zero-order valence-electron chi connectivity index (χ0n) is 22.4. The molecule has 0 saturated carbocycles. The van der Waals surface area contributed by atoms with Gasteiger partial charge in [-0.1, -0.05) is 56.7 Å². The minimum Gasteiger partial charge on any atom is -0.491 e. The van der Waals surface area contributed by atoms with Crippen LogP contribution in [0.15, 0.2) is 72.8 Å². The SMILES string of the molecule is COC(COc1cccc(N(C)C(=S)Oc2ccc(C(C)(C)C)cc2)c1)CN(C)c1ccc(C)cc1. The first-order valence-corrected chi connectivity index (χ1v) is 12.6. The Morgan fingerprint density at radius 3 is 2.17 bits per heavy atom. The Balaban J connectivity index is 1.57. The number of anilines is 2. The minimum absolute atomic E-state index is 0.0850. The van der Waals surface area contributed by atoms with E-state index in [1.54, 1.807) is 7.11 Å². The number of aryl methyl sites for hydroxylation is 1. The van der Waals surface area contributed by atoms with Gasteiger partial charge in [-0.2, -0.15) is 0 Å². The summed E-state index contributed by atoms with van der Waals surface area (Å²) >= 11 is 5.55. The summed E-state index contributed by atoms with van der Waals surface area (Å²) in [6.07, 6.45) is -0.0850. The lowest BCUT2D eigenvalue weighted by atomic mass is 9.87. The number of rotatable bonds is 9. The van der Waals surface area contributed by atoms with Gasteiger partial charge in [0.25, 0.3) is 5.17 Å². The summed E-state index contributed by atoms with van der Waals surface area (Å²) < 4.78 is 17.7. The molecule has 0 saturated heterocycles. The second kappa shape index (κ2) is 12.2. The third-order valence-electron chi connectivity index (χ3n) is 6.13. The maximum absolute atomic E-state index is 6.09. The van der Waals surface area contributed by atoms with E-state index in [0.717, 1.165) is 17.1 Å². The van der Waals surface area contributed by atoms with Crippen molar-refractivity contribution in [1.29, 1.82) is 0 Å². The smallest absolute Gasteiger partial charge is 0.269 e.